The van der Waals surface area contributed by atoms with Crippen molar-refractivity contribution in [1.29, 1.82) is 0 Å². The molecule has 1 atom stereocenters. The zero-order valence-electron chi connectivity index (χ0n) is 6.96. The van der Waals surface area contributed by atoms with Crippen LogP contribution in [0.15, 0.2) is 30.3 Å². The van der Waals surface area contributed by atoms with Gasteiger partial charge in [-0.05, 0) is 12.1 Å². The Labute approximate surface area is 79.2 Å². The molecule has 2 N–H and O–H groups in total. The first-order chi connectivity index (χ1) is 6.25. The van der Waals surface area contributed by atoms with Gasteiger partial charge in [-0.25, -0.2) is 4.21 Å². The van der Waals surface area contributed by atoms with E-state index >= 15 is 0 Å². The van der Waals surface area contributed by atoms with Crippen LogP contribution in [0.4, 0.5) is 5.69 Å². The van der Waals surface area contributed by atoms with Gasteiger partial charge in [-0.1, -0.05) is 18.2 Å². The van der Waals surface area contributed by atoms with E-state index in [0.717, 1.165) is 0 Å². The van der Waals surface area contributed by atoms with Gasteiger partial charge in [0.15, 0.2) is 0 Å². The third-order valence-corrected chi connectivity index (χ3v) is 2.31. The highest BCUT2D eigenvalue weighted by molar-refractivity contribution is 7.80. The molecule has 0 heterocycles. The molecule has 0 aliphatic heterocycles. The van der Waals surface area contributed by atoms with Crippen molar-refractivity contribution in [2.24, 2.45) is 0 Å². The quantitative estimate of drug-likeness (QED) is 0.702. The van der Waals surface area contributed by atoms with Crippen molar-refractivity contribution in [1.82, 2.24) is 0 Å². The first-order valence-electron chi connectivity index (χ1n) is 3.80. The second-order valence-electron chi connectivity index (χ2n) is 2.39. The van der Waals surface area contributed by atoms with Gasteiger partial charge in [0.2, 0.25) is 0 Å². The molecule has 1 unspecified atom stereocenters. The van der Waals surface area contributed by atoms with Crippen LogP contribution in [0.2, 0.25) is 0 Å². The second-order valence-corrected chi connectivity index (χ2v) is 3.29. The Morgan fingerprint density at radius 1 is 1.31 bits per heavy atom. The molecule has 0 saturated carbocycles. The van der Waals surface area contributed by atoms with Crippen molar-refractivity contribution in [3.63, 3.8) is 0 Å². The summed E-state index contributed by atoms with van der Waals surface area (Å²) >= 11 is -2.08. The molecule has 0 aliphatic carbocycles. The summed E-state index contributed by atoms with van der Waals surface area (Å²) in [6, 6.07) is 8.79. The summed E-state index contributed by atoms with van der Waals surface area (Å²) < 4.78 is 20.9. The van der Waals surface area contributed by atoms with Crippen LogP contribution >= 0.6 is 0 Å². The number of anilines is 1. The molecule has 0 bridgehead atoms. The molecule has 72 valence electrons. The molecule has 0 fully saturated rings. The van der Waals surface area contributed by atoms with E-state index in [9.17, 15) is 4.21 Å². The van der Waals surface area contributed by atoms with E-state index < -0.39 is 11.3 Å². The van der Waals surface area contributed by atoms with Crippen LogP contribution in [0.5, 0.6) is 0 Å². The lowest BCUT2D eigenvalue weighted by Crippen LogP contribution is -2.28. The highest BCUT2D eigenvalue weighted by atomic mass is 32.2. The van der Waals surface area contributed by atoms with Crippen molar-refractivity contribution in [2.45, 2.75) is 0 Å². The smallest absolute Gasteiger partial charge is 0.261 e. The summed E-state index contributed by atoms with van der Waals surface area (Å²) in [6.07, 6.45) is 0. The molecule has 1 aromatic rings. The molecule has 5 heteroatoms. The van der Waals surface area contributed by atoms with Crippen molar-refractivity contribution < 1.29 is 13.9 Å². The molecule has 0 aliphatic rings. The maximum Gasteiger partial charge on any atom is 0.261 e. The van der Waals surface area contributed by atoms with Gasteiger partial charge in [-0.15, -0.1) is 0 Å². The Balaban J connectivity index is 2.82. The Morgan fingerprint density at radius 3 is 2.38 bits per heavy atom. The van der Waals surface area contributed by atoms with Crippen LogP contribution in [0, 0.1) is 0 Å². The van der Waals surface area contributed by atoms with Crippen molar-refractivity contribution >= 4 is 17.0 Å². The van der Waals surface area contributed by atoms with Crippen LogP contribution in [0.3, 0.4) is 0 Å². The van der Waals surface area contributed by atoms with Crippen LogP contribution < -0.4 is 4.31 Å². The average Bonchev–Trinajstić information content (AvgIpc) is 2.15. The normalized spacial score (nSPS) is 12.5. The second kappa shape index (κ2) is 4.96. The summed E-state index contributed by atoms with van der Waals surface area (Å²) in [5.41, 5.74) is 0.623. The number of aliphatic hydroxyl groups excluding tert-OH is 1. The van der Waals surface area contributed by atoms with Gasteiger partial charge in [-0.3, -0.25) is 8.86 Å². The topological polar surface area (TPSA) is 60.8 Å². The molecule has 1 rings (SSSR count). The van der Waals surface area contributed by atoms with E-state index in [2.05, 4.69) is 0 Å². The zero-order valence-corrected chi connectivity index (χ0v) is 7.78. The first-order valence-corrected chi connectivity index (χ1v) is 4.86. The summed E-state index contributed by atoms with van der Waals surface area (Å²) in [7, 11) is 0. The summed E-state index contributed by atoms with van der Waals surface area (Å²) in [5.74, 6) is 0. The fourth-order valence-electron chi connectivity index (χ4n) is 0.982. The van der Waals surface area contributed by atoms with Crippen LogP contribution in [-0.2, 0) is 11.3 Å². The highest BCUT2D eigenvalue weighted by Gasteiger charge is 2.09. The highest BCUT2D eigenvalue weighted by Crippen LogP contribution is 2.13. The minimum absolute atomic E-state index is 0.146. The zero-order chi connectivity index (χ0) is 9.68. The molecular formula is C8H11NO3S. The van der Waals surface area contributed by atoms with Gasteiger partial charge < -0.3 is 5.11 Å². The van der Waals surface area contributed by atoms with Gasteiger partial charge >= 0.3 is 0 Å². The van der Waals surface area contributed by atoms with E-state index in [1.54, 1.807) is 24.3 Å². The van der Waals surface area contributed by atoms with Crippen molar-refractivity contribution in [3.05, 3.63) is 30.3 Å². The largest absolute Gasteiger partial charge is 0.394 e. The van der Waals surface area contributed by atoms with Crippen LogP contribution in [0.1, 0.15) is 0 Å². The number of nitrogens with zero attached hydrogens (tertiary/aromatic N) is 1. The minimum Gasteiger partial charge on any atom is -0.394 e. The number of para-hydroxylation sites is 1. The van der Waals surface area contributed by atoms with Gasteiger partial charge in [0.1, 0.15) is 0 Å². The lowest BCUT2D eigenvalue weighted by Gasteiger charge is -2.18. The molecule has 13 heavy (non-hydrogen) atoms. The first kappa shape index (κ1) is 10.2. The van der Waals surface area contributed by atoms with Crippen LogP contribution in [-0.4, -0.2) is 27.0 Å². The number of rotatable bonds is 4. The Kier molecular flexibility index (Phi) is 3.88. The maximum absolute atomic E-state index is 10.8. The Morgan fingerprint density at radius 2 is 1.92 bits per heavy atom. The lowest BCUT2D eigenvalue weighted by molar-refractivity contribution is 0.306. The fraction of sp³-hybridized carbons (Fsp3) is 0.250. The summed E-state index contributed by atoms with van der Waals surface area (Å²) in [6.45, 7) is -0.00564. The van der Waals surface area contributed by atoms with E-state index in [0.29, 0.717) is 5.69 Å². The Hall–Kier alpha value is -0.910. The number of aliphatic hydroxyl groups is 1. The maximum atomic E-state index is 10.8. The fourth-order valence-corrected chi connectivity index (χ4v) is 1.52. The Bertz CT molecular complexity index is 278. The van der Waals surface area contributed by atoms with E-state index in [4.69, 9.17) is 9.66 Å². The molecular weight excluding hydrogens is 190 g/mol. The average molecular weight is 201 g/mol. The molecule has 0 saturated heterocycles. The van der Waals surface area contributed by atoms with Crippen LogP contribution in [0.25, 0.3) is 0 Å². The standard InChI is InChI=1S/C8H11NO3S/c10-7-6-9(13(11)12)8-4-2-1-3-5-8/h1-5,10H,6-7H2,(H,11,12). The molecule has 0 aromatic heterocycles. The third-order valence-electron chi connectivity index (χ3n) is 1.54. The van der Waals surface area contributed by atoms with Gasteiger partial charge in [0, 0.05) is 0 Å². The number of hydrogen-bond donors (Lipinski definition) is 2. The summed E-state index contributed by atoms with van der Waals surface area (Å²) in [4.78, 5) is 0. The number of benzene rings is 1. The third kappa shape index (κ3) is 2.80. The van der Waals surface area contributed by atoms with E-state index in [-0.39, 0.29) is 13.2 Å². The van der Waals surface area contributed by atoms with Gasteiger partial charge in [0.05, 0.1) is 18.8 Å². The van der Waals surface area contributed by atoms with Crippen molar-refractivity contribution in [3.8, 4) is 0 Å². The van der Waals surface area contributed by atoms with Gasteiger partial charge in [-0.2, -0.15) is 0 Å². The number of hydrogen-bond acceptors (Lipinski definition) is 2. The SMILES string of the molecule is O=S(O)N(CCO)c1ccccc1. The predicted molar refractivity (Wildman–Crippen MR) is 51.6 cm³/mol. The molecule has 0 spiro atoms. The molecule has 0 radical (unpaired) electrons. The van der Waals surface area contributed by atoms with Crippen molar-refractivity contribution in [2.75, 3.05) is 17.5 Å². The van der Waals surface area contributed by atoms with Gasteiger partial charge in [0.25, 0.3) is 11.3 Å². The lowest BCUT2D eigenvalue weighted by atomic mass is 10.3. The molecule has 0 amide bonds. The minimum atomic E-state index is -2.08. The summed E-state index contributed by atoms with van der Waals surface area (Å²) in [5, 5.41) is 8.66. The molecule has 4 nitrogen and oxygen atoms in total. The van der Waals surface area contributed by atoms with E-state index in [1.807, 2.05) is 6.07 Å². The predicted octanol–water partition coefficient (Wildman–Crippen LogP) is 0.622. The monoisotopic (exact) mass is 201 g/mol. The van der Waals surface area contributed by atoms with E-state index in [1.165, 1.54) is 4.31 Å². The molecule has 1 aromatic carbocycles.